The normalized spacial score (nSPS) is 37.6. The lowest BCUT2D eigenvalue weighted by atomic mass is 9.68. The maximum Gasteiger partial charge on any atom is 0.166 e. The van der Waals surface area contributed by atoms with E-state index in [1.807, 2.05) is 12.1 Å². The van der Waals surface area contributed by atoms with Crippen molar-refractivity contribution >= 4 is 0 Å². The van der Waals surface area contributed by atoms with E-state index in [0.717, 1.165) is 37.5 Å². The van der Waals surface area contributed by atoms with Gasteiger partial charge >= 0.3 is 0 Å². The number of hydrogen-bond donors (Lipinski definition) is 1. The molecule has 0 aromatic heterocycles. The zero-order valence-electron chi connectivity index (χ0n) is 13.2. The molecule has 4 aliphatic rings. The molecule has 0 bridgehead atoms. The molecule has 1 N–H and O–H groups in total. The Labute approximate surface area is 135 Å². The van der Waals surface area contributed by atoms with Gasteiger partial charge in [0.05, 0.1) is 31.3 Å². The first kappa shape index (κ1) is 13.8. The summed E-state index contributed by atoms with van der Waals surface area (Å²) in [4.78, 5) is 5.85. The largest absolute Gasteiger partial charge is 0.493 e. The summed E-state index contributed by atoms with van der Waals surface area (Å²) in [5, 5.41) is 12.2. The second-order valence-corrected chi connectivity index (χ2v) is 6.90. The van der Waals surface area contributed by atoms with E-state index in [1.165, 1.54) is 11.1 Å². The SMILES string of the molecule is COc1ccc2c3c1O[C@H]1C[C@@H](O)C=C[C@@]31CCN1OCCC21. The molecule has 5 heteroatoms. The van der Waals surface area contributed by atoms with E-state index < -0.39 is 6.10 Å². The number of hydrogen-bond acceptors (Lipinski definition) is 5. The van der Waals surface area contributed by atoms with Crippen LogP contribution < -0.4 is 9.47 Å². The maximum absolute atomic E-state index is 10.1. The van der Waals surface area contributed by atoms with Gasteiger partial charge < -0.3 is 14.6 Å². The molecule has 1 aromatic carbocycles. The molecule has 1 aromatic rings. The molecule has 0 amide bonds. The van der Waals surface area contributed by atoms with Crippen LogP contribution in [0.25, 0.3) is 0 Å². The maximum atomic E-state index is 10.1. The molecule has 3 aliphatic heterocycles. The molecule has 5 rings (SSSR count). The summed E-state index contributed by atoms with van der Waals surface area (Å²) in [6, 6.07) is 4.46. The fourth-order valence-corrected chi connectivity index (χ4v) is 4.76. The molecule has 0 radical (unpaired) electrons. The fourth-order valence-electron chi connectivity index (χ4n) is 4.76. The molecule has 4 atom stereocenters. The number of hydroxylamine groups is 2. The van der Waals surface area contributed by atoms with E-state index in [9.17, 15) is 5.11 Å². The second kappa shape index (κ2) is 4.72. The third-order valence-corrected chi connectivity index (χ3v) is 5.85. The highest BCUT2D eigenvalue weighted by molar-refractivity contribution is 5.61. The highest BCUT2D eigenvalue weighted by Crippen LogP contribution is 2.58. The molecule has 1 fully saturated rings. The van der Waals surface area contributed by atoms with Crippen LogP contribution in [0.2, 0.25) is 0 Å². The molecule has 1 saturated heterocycles. The molecule has 1 unspecified atom stereocenters. The third-order valence-electron chi connectivity index (χ3n) is 5.85. The van der Waals surface area contributed by atoms with Gasteiger partial charge in [0.1, 0.15) is 6.10 Å². The van der Waals surface area contributed by atoms with Crippen molar-refractivity contribution in [3.63, 3.8) is 0 Å². The molecule has 23 heavy (non-hydrogen) atoms. The summed E-state index contributed by atoms with van der Waals surface area (Å²) in [5.74, 6) is 1.65. The number of ether oxygens (including phenoxy) is 2. The van der Waals surface area contributed by atoms with Gasteiger partial charge in [-0.15, -0.1) is 0 Å². The minimum atomic E-state index is -0.436. The Morgan fingerprint density at radius 3 is 3.17 bits per heavy atom. The zero-order chi connectivity index (χ0) is 15.6. The standard InChI is InChI=1S/C18H21NO4/c1-21-14-3-2-12-13-5-9-22-19(13)8-7-18-6-4-11(20)10-15(18)23-17(14)16(12)18/h2-4,6,11,13,15,20H,5,7-10H2,1H3/t11-,13?,15-,18-/m0/s1. The van der Waals surface area contributed by atoms with E-state index in [2.05, 4.69) is 17.2 Å². The van der Waals surface area contributed by atoms with Gasteiger partial charge in [0, 0.05) is 18.5 Å². The number of fused-ring (bicyclic) bond motifs is 2. The quantitative estimate of drug-likeness (QED) is 0.804. The van der Waals surface area contributed by atoms with Crippen LogP contribution in [0.15, 0.2) is 24.3 Å². The van der Waals surface area contributed by atoms with Gasteiger partial charge in [-0.1, -0.05) is 18.2 Å². The predicted octanol–water partition coefficient (Wildman–Crippen LogP) is 2.10. The van der Waals surface area contributed by atoms with Crippen molar-refractivity contribution in [2.45, 2.75) is 42.9 Å². The van der Waals surface area contributed by atoms with Crippen molar-refractivity contribution in [3.05, 3.63) is 35.4 Å². The molecular formula is C18H21NO4. The minimum absolute atomic E-state index is 0.0347. The first-order chi connectivity index (χ1) is 11.2. The van der Waals surface area contributed by atoms with Gasteiger partial charge in [-0.05, 0) is 24.5 Å². The van der Waals surface area contributed by atoms with Crippen molar-refractivity contribution in [1.82, 2.24) is 5.06 Å². The smallest absolute Gasteiger partial charge is 0.166 e. The first-order valence-corrected chi connectivity index (χ1v) is 8.38. The van der Waals surface area contributed by atoms with Gasteiger partial charge in [0.15, 0.2) is 11.5 Å². The van der Waals surface area contributed by atoms with Crippen LogP contribution in [0.4, 0.5) is 0 Å². The number of nitrogens with zero attached hydrogens (tertiary/aromatic N) is 1. The van der Waals surface area contributed by atoms with E-state index in [4.69, 9.17) is 14.3 Å². The summed E-state index contributed by atoms with van der Waals surface area (Å²) in [5.41, 5.74) is 2.37. The Morgan fingerprint density at radius 2 is 2.30 bits per heavy atom. The Bertz CT molecular complexity index is 688. The van der Waals surface area contributed by atoms with Gasteiger partial charge in [-0.25, -0.2) is 0 Å². The van der Waals surface area contributed by atoms with E-state index >= 15 is 0 Å². The Morgan fingerprint density at radius 1 is 1.39 bits per heavy atom. The van der Waals surface area contributed by atoms with Crippen molar-refractivity contribution in [1.29, 1.82) is 0 Å². The number of rotatable bonds is 1. The molecule has 1 aliphatic carbocycles. The van der Waals surface area contributed by atoms with E-state index in [1.54, 1.807) is 7.11 Å². The van der Waals surface area contributed by atoms with Crippen LogP contribution in [-0.4, -0.2) is 42.6 Å². The Kier molecular flexibility index (Phi) is 2.84. The fraction of sp³-hybridized carbons (Fsp3) is 0.556. The number of aliphatic hydroxyl groups is 1. The van der Waals surface area contributed by atoms with Crippen molar-refractivity contribution in [2.24, 2.45) is 0 Å². The summed E-state index contributed by atoms with van der Waals surface area (Å²) in [6.45, 7) is 1.65. The average Bonchev–Trinajstić information content (AvgIpc) is 3.11. The zero-order valence-corrected chi connectivity index (χ0v) is 13.2. The number of benzene rings is 1. The third kappa shape index (κ3) is 1.73. The van der Waals surface area contributed by atoms with E-state index in [0.29, 0.717) is 6.42 Å². The van der Waals surface area contributed by atoms with Crippen LogP contribution in [0.1, 0.15) is 36.4 Å². The van der Waals surface area contributed by atoms with Crippen molar-refractivity contribution in [3.8, 4) is 11.5 Å². The molecule has 3 heterocycles. The topological polar surface area (TPSA) is 51.2 Å². The monoisotopic (exact) mass is 315 g/mol. The summed E-state index contributed by atoms with van der Waals surface area (Å²) in [7, 11) is 1.68. The van der Waals surface area contributed by atoms with Gasteiger partial charge in [-0.2, -0.15) is 5.06 Å². The summed E-state index contributed by atoms with van der Waals surface area (Å²) in [6.07, 6.45) is 6.19. The van der Waals surface area contributed by atoms with Crippen molar-refractivity contribution in [2.75, 3.05) is 20.3 Å². The molecule has 5 nitrogen and oxygen atoms in total. The van der Waals surface area contributed by atoms with Gasteiger partial charge in [0.2, 0.25) is 0 Å². The molecular weight excluding hydrogens is 294 g/mol. The Hall–Kier alpha value is -1.56. The van der Waals surface area contributed by atoms with Gasteiger partial charge in [-0.3, -0.25) is 4.84 Å². The van der Waals surface area contributed by atoms with Crippen molar-refractivity contribution < 1.29 is 19.4 Å². The first-order valence-electron chi connectivity index (χ1n) is 8.38. The number of aliphatic hydroxyl groups excluding tert-OH is 1. The average molecular weight is 315 g/mol. The minimum Gasteiger partial charge on any atom is -0.493 e. The van der Waals surface area contributed by atoms with Crippen LogP contribution in [0, 0.1) is 0 Å². The predicted molar refractivity (Wildman–Crippen MR) is 83.5 cm³/mol. The van der Waals surface area contributed by atoms with Crippen LogP contribution in [0.3, 0.4) is 0 Å². The van der Waals surface area contributed by atoms with Crippen LogP contribution >= 0.6 is 0 Å². The van der Waals surface area contributed by atoms with Gasteiger partial charge in [0.25, 0.3) is 0 Å². The highest BCUT2D eigenvalue weighted by atomic mass is 16.7. The number of methoxy groups -OCH3 is 1. The van der Waals surface area contributed by atoms with Crippen LogP contribution in [0.5, 0.6) is 11.5 Å². The molecule has 0 saturated carbocycles. The van der Waals surface area contributed by atoms with E-state index in [-0.39, 0.29) is 17.6 Å². The lowest BCUT2D eigenvalue weighted by Crippen LogP contribution is -2.42. The Balaban J connectivity index is 1.76. The highest BCUT2D eigenvalue weighted by Gasteiger charge is 2.54. The molecule has 1 spiro atoms. The molecule has 122 valence electrons. The second-order valence-electron chi connectivity index (χ2n) is 6.90. The lowest BCUT2D eigenvalue weighted by molar-refractivity contribution is -0.134. The van der Waals surface area contributed by atoms with Crippen LogP contribution in [-0.2, 0) is 10.3 Å². The summed E-state index contributed by atoms with van der Waals surface area (Å²) >= 11 is 0. The lowest BCUT2D eigenvalue weighted by Gasteiger charge is -2.35. The summed E-state index contributed by atoms with van der Waals surface area (Å²) < 4.78 is 11.9.